The molecule has 2 atom stereocenters. The largest absolute Gasteiger partial charge is 0.493 e. The molecular weight excluding hydrogens is 434 g/mol. The Morgan fingerprint density at radius 2 is 1.56 bits per heavy atom. The number of benzene rings is 3. The van der Waals surface area contributed by atoms with Crippen LogP contribution < -0.4 is 10.5 Å². The zero-order valence-electron chi connectivity index (χ0n) is 19.4. The number of carbonyl (C=O) groups excluding carboxylic acids is 1. The number of nitrogens with zero attached hydrogens (tertiary/aromatic N) is 1. The number of carbonyl (C=O) groups is 1. The molecule has 1 unspecified atom stereocenters. The number of primary amides is 1. The molecule has 0 saturated carbocycles. The Labute approximate surface area is 199 Å². The molecule has 3 aromatic rings. The zero-order chi connectivity index (χ0) is 24.2. The van der Waals surface area contributed by atoms with Gasteiger partial charge in [0, 0.05) is 37.0 Å². The van der Waals surface area contributed by atoms with Crippen molar-refractivity contribution in [3.63, 3.8) is 0 Å². The van der Waals surface area contributed by atoms with Gasteiger partial charge in [-0.2, -0.15) is 0 Å². The number of nitrogens with two attached hydrogens (primary N) is 1. The number of ether oxygens (including phenoxy) is 1. The van der Waals surface area contributed by atoms with Crippen LogP contribution in [0.1, 0.15) is 24.0 Å². The Morgan fingerprint density at radius 1 is 1.00 bits per heavy atom. The van der Waals surface area contributed by atoms with Crippen LogP contribution in [0.2, 0.25) is 0 Å². The van der Waals surface area contributed by atoms with E-state index in [0.717, 1.165) is 54.2 Å². The number of hydrogen-bond acceptors (Lipinski definition) is 2. The van der Waals surface area contributed by atoms with Gasteiger partial charge in [0.1, 0.15) is 22.8 Å². The summed E-state index contributed by atoms with van der Waals surface area (Å²) in [6.45, 7) is 2.89. The fourth-order valence-corrected chi connectivity index (χ4v) is 5.51. The predicted molar refractivity (Wildman–Crippen MR) is 128 cm³/mol. The maximum Gasteiger partial charge on any atom is 0.233 e. The van der Waals surface area contributed by atoms with Crippen molar-refractivity contribution < 1.29 is 22.8 Å². The number of likely N-dealkylation sites (tertiary alicyclic amines) is 1. The van der Waals surface area contributed by atoms with Crippen molar-refractivity contribution in [1.82, 2.24) is 0 Å². The van der Waals surface area contributed by atoms with E-state index in [4.69, 9.17) is 10.5 Å². The third-order valence-corrected chi connectivity index (χ3v) is 7.08. The summed E-state index contributed by atoms with van der Waals surface area (Å²) in [7, 11) is 2.18. The second-order valence-corrected chi connectivity index (χ2v) is 9.45. The Kier molecular flexibility index (Phi) is 6.98. The maximum absolute atomic E-state index is 13.4. The van der Waals surface area contributed by atoms with Gasteiger partial charge in [-0.25, -0.2) is 8.78 Å². The van der Waals surface area contributed by atoms with Crippen LogP contribution in [-0.2, 0) is 10.2 Å². The van der Waals surface area contributed by atoms with Crippen molar-refractivity contribution in [3.05, 3.63) is 102 Å². The molecule has 4 rings (SSSR count). The minimum absolute atomic E-state index is 0.0398. The summed E-state index contributed by atoms with van der Waals surface area (Å²) in [6, 6.07) is 22.9. The van der Waals surface area contributed by atoms with Crippen molar-refractivity contribution in [2.45, 2.75) is 18.3 Å². The van der Waals surface area contributed by atoms with Crippen LogP contribution in [0.25, 0.3) is 0 Å². The number of hydrogen-bond donors (Lipinski definition) is 1. The minimum atomic E-state index is -0.909. The molecule has 0 spiro atoms. The second kappa shape index (κ2) is 9.94. The van der Waals surface area contributed by atoms with Gasteiger partial charge in [-0.3, -0.25) is 4.79 Å². The molecule has 1 heterocycles. The topological polar surface area (TPSA) is 52.3 Å². The zero-order valence-corrected chi connectivity index (χ0v) is 19.4. The lowest BCUT2D eigenvalue weighted by Crippen LogP contribution is -2.51. The van der Waals surface area contributed by atoms with E-state index < -0.39 is 17.0 Å². The molecule has 178 valence electrons. The molecule has 0 aliphatic carbocycles. The number of halogens is 2. The highest BCUT2D eigenvalue weighted by atomic mass is 19.1. The number of quaternary nitrogens is 1. The third kappa shape index (κ3) is 4.82. The predicted octanol–water partition coefficient (Wildman–Crippen LogP) is 4.67. The van der Waals surface area contributed by atoms with Gasteiger partial charge in [0.05, 0.1) is 33.3 Å². The molecule has 34 heavy (non-hydrogen) atoms. The van der Waals surface area contributed by atoms with Gasteiger partial charge >= 0.3 is 0 Å². The van der Waals surface area contributed by atoms with E-state index in [2.05, 4.69) is 7.05 Å². The van der Waals surface area contributed by atoms with Gasteiger partial charge in [-0.1, -0.05) is 60.7 Å². The molecule has 0 aromatic heterocycles. The van der Waals surface area contributed by atoms with E-state index >= 15 is 0 Å². The van der Waals surface area contributed by atoms with Gasteiger partial charge in [0.25, 0.3) is 0 Å². The number of amides is 1. The van der Waals surface area contributed by atoms with Crippen LogP contribution in [-0.4, -0.2) is 43.7 Å². The molecule has 1 aliphatic heterocycles. The molecule has 6 heteroatoms. The maximum atomic E-state index is 13.4. The van der Waals surface area contributed by atoms with Gasteiger partial charge < -0.3 is 15.0 Å². The highest BCUT2D eigenvalue weighted by molar-refractivity contribution is 5.91. The normalized spacial score (nSPS) is 20.3. The summed E-state index contributed by atoms with van der Waals surface area (Å²) in [5.74, 6) is -1.40. The van der Waals surface area contributed by atoms with E-state index in [1.807, 2.05) is 60.7 Å². The van der Waals surface area contributed by atoms with E-state index in [-0.39, 0.29) is 17.6 Å². The van der Waals surface area contributed by atoms with Crippen molar-refractivity contribution in [2.75, 3.05) is 33.3 Å². The SMILES string of the molecule is C[N@@+]1(CCCOc2cc(F)cc(F)c2)CCC(C(C(N)=O)(c2ccccc2)c2ccccc2)C1. The lowest BCUT2D eigenvalue weighted by atomic mass is 9.64. The van der Waals surface area contributed by atoms with Crippen molar-refractivity contribution in [3.8, 4) is 5.75 Å². The third-order valence-electron chi connectivity index (χ3n) is 7.08. The molecule has 1 fully saturated rings. The van der Waals surface area contributed by atoms with Crippen LogP contribution >= 0.6 is 0 Å². The van der Waals surface area contributed by atoms with Crippen molar-refractivity contribution >= 4 is 5.91 Å². The number of rotatable bonds is 9. The molecule has 1 aliphatic rings. The van der Waals surface area contributed by atoms with Gasteiger partial charge in [-0.15, -0.1) is 0 Å². The Bertz CT molecular complexity index is 1060. The summed E-state index contributed by atoms with van der Waals surface area (Å²) in [5.41, 5.74) is 7.12. The Morgan fingerprint density at radius 3 is 2.09 bits per heavy atom. The monoisotopic (exact) mass is 465 g/mol. The summed E-state index contributed by atoms with van der Waals surface area (Å²) < 4.78 is 33.1. The first-order valence-corrected chi connectivity index (χ1v) is 11.7. The molecule has 0 bridgehead atoms. The van der Waals surface area contributed by atoms with Crippen LogP contribution in [0.4, 0.5) is 8.78 Å². The van der Waals surface area contributed by atoms with Gasteiger partial charge in [0.15, 0.2) is 0 Å². The van der Waals surface area contributed by atoms with Crippen LogP contribution in [0, 0.1) is 17.6 Å². The minimum Gasteiger partial charge on any atom is -0.493 e. The van der Waals surface area contributed by atoms with E-state index in [0.29, 0.717) is 6.61 Å². The molecule has 0 radical (unpaired) electrons. The molecule has 1 saturated heterocycles. The van der Waals surface area contributed by atoms with E-state index in [1.54, 1.807) is 0 Å². The lowest BCUT2D eigenvalue weighted by Gasteiger charge is -2.38. The first-order chi connectivity index (χ1) is 16.3. The molecule has 3 aromatic carbocycles. The highest BCUT2D eigenvalue weighted by Gasteiger charge is 2.53. The standard InChI is InChI=1S/C28H30F2N2O2/c1-32(14-8-16-34-26-18-24(29)17-25(30)19-26)15-13-23(20-32)28(27(31)33,21-9-4-2-5-10-21)22-11-6-3-7-12-22/h2-7,9-12,17-19,23H,8,13-16,20H2,1H3,(H-,31,33)/p+1/t23?,32-/m1/s1. The van der Waals surface area contributed by atoms with E-state index in [1.165, 1.54) is 12.1 Å². The van der Waals surface area contributed by atoms with E-state index in [9.17, 15) is 13.6 Å². The highest BCUT2D eigenvalue weighted by Crippen LogP contribution is 2.45. The lowest BCUT2D eigenvalue weighted by molar-refractivity contribution is -0.899. The smallest absolute Gasteiger partial charge is 0.233 e. The fourth-order valence-electron chi connectivity index (χ4n) is 5.51. The average molecular weight is 466 g/mol. The summed E-state index contributed by atoms with van der Waals surface area (Å²) in [5, 5.41) is 0. The molecular formula is C28H31F2N2O2+. The Hall–Kier alpha value is -3.25. The molecule has 1 amide bonds. The summed E-state index contributed by atoms with van der Waals surface area (Å²) in [6.07, 6.45) is 1.58. The van der Waals surface area contributed by atoms with Crippen LogP contribution in [0.3, 0.4) is 0 Å². The quantitative estimate of drug-likeness (QED) is 0.369. The Balaban J connectivity index is 1.51. The first-order valence-electron chi connectivity index (χ1n) is 11.7. The first kappa shape index (κ1) is 23.9. The average Bonchev–Trinajstić information content (AvgIpc) is 3.20. The fraction of sp³-hybridized carbons (Fsp3) is 0.321. The van der Waals surface area contributed by atoms with Crippen LogP contribution in [0.15, 0.2) is 78.9 Å². The molecule has 2 N–H and O–H groups in total. The summed E-state index contributed by atoms with van der Waals surface area (Å²) in [4.78, 5) is 13.2. The second-order valence-electron chi connectivity index (χ2n) is 9.45. The van der Waals surface area contributed by atoms with Crippen molar-refractivity contribution in [2.24, 2.45) is 11.7 Å². The summed E-state index contributed by atoms with van der Waals surface area (Å²) >= 11 is 0. The van der Waals surface area contributed by atoms with Gasteiger partial charge in [-0.05, 0) is 11.1 Å². The molecule has 4 nitrogen and oxygen atoms in total. The van der Waals surface area contributed by atoms with Crippen molar-refractivity contribution in [1.29, 1.82) is 0 Å². The van der Waals surface area contributed by atoms with Crippen LogP contribution in [0.5, 0.6) is 5.75 Å². The van der Waals surface area contributed by atoms with Gasteiger partial charge in [0.2, 0.25) is 5.91 Å².